The Bertz CT molecular complexity index is 207. The lowest BCUT2D eigenvalue weighted by atomic mass is 10.5. The Balaban J connectivity index is 4.76. The van der Waals surface area contributed by atoms with Crippen molar-refractivity contribution < 1.29 is 18.1 Å². The van der Waals surface area contributed by atoms with Gasteiger partial charge in [0.05, 0.1) is 5.38 Å². The van der Waals surface area contributed by atoms with Crippen LogP contribution in [0.15, 0.2) is 0 Å². The van der Waals surface area contributed by atoms with Gasteiger partial charge < -0.3 is 5.11 Å². The molecule has 0 amide bonds. The summed E-state index contributed by atoms with van der Waals surface area (Å²) in [4.78, 5) is 0. The van der Waals surface area contributed by atoms with E-state index in [0.29, 0.717) is 0 Å². The van der Waals surface area contributed by atoms with Crippen molar-refractivity contribution in [3.63, 3.8) is 0 Å². The molecule has 0 aliphatic carbocycles. The largest absolute Gasteiger partial charge is 0.360 e. The van der Waals surface area contributed by atoms with Crippen LogP contribution in [-0.4, -0.2) is 27.8 Å². The maximum absolute atomic E-state index is 10.2. The van der Waals surface area contributed by atoms with Gasteiger partial charge in [-0.05, 0) is 6.92 Å². The average Bonchev–Trinajstić information content (AvgIpc) is 1.62. The fourth-order valence-electron chi connectivity index (χ4n) is 0.205. The van der Waals surface area contributed by atoms with E-state index in [1.165, 1.54) is 0 Å². The van der Waals surface area contributed by atoms with Gasteiger partial charge in [-0.25, -0.2) is 0 Å². The highest BCUT2D eigenvalue weighted by Crippen LogP contribution is 2.26. The van der Waals surface area contributed by atoms with Crippen LogP contribution in [0.25, 0.3) is 0 Å². The van der Waals surface area contributed by atoms with Crippen LogP contribution in [-0.2, 0) is 10.1 Å². The molecule has 0 heterocycles. The summed E-state index contributed by atoms with van der Waals surface area (Å²) in [7, 11) is -4.71. The van der Waals surface area contributed by atoms with Crippen LogP contribution in [0, 0.1) is 0 Å². The molecule has 0 fully saturated rings. The predicted octanol–water partition coefficient (Wildman–Crippen LogP) is 0.386. The van der Waals surface area contributed by atoms with Crippen molar-refractivity contribution in [3.8, 4) is 0 Å². The zero-order chi connectivity index (χ0) is 8.58. The van der Waals surface area contributed by atoms with Crippen molar-refractivity contribution >= 4 is 33.3 Å². The number of halogens is 2. The lowest BCUT2D eigenvalue weighted by Gasteiger charge is -2.18. The standard InChI is InChI=1S/C3H6Cl2O4S/c1-2(4)3(5,6)10(7,8)9/h2,6H,1H3,(H,7,8,9). The molecule has 0 radical (unpaired) electrons. The third-order valence-corrected chi connectivity index (χ3v) is 3.40. The van der Waals surface area contributed by atoms with E-state index in [4.69, 9.17) is 32.9 Å². The molecular weight excluding hydrogens is 203 g/mol. The molecule has 0 aromatic heterocycles. The van der Waals surface area contributed by atoms with Crippen molar-refractivity contribution in [2.75, 3.05) is 0 Å². The minimum Gasteiger partial charge on any atom is -0.360 e. The third-order valence-electron chi connectivity index (χ3n) is 0.852. The SMILES string of the molecule is CC(Cl)C(O)(Cl)S(=O)(=O)O. The Morgan fingerprint density at radius 2 is 1.90 bits per heavy atom. The molecule has 0 aliphatic heterocycles. The maximum Gasteiger partial charge on any atom is 0.311 e. The average molecular weight is 209 g/mol. The van der Waals surface area contributed by atoms with Crippen LogP contribution in [0.1, 0.15) is 6.92 Å². The van der Waals surface area contributed by atoms with Crippen molar-refractivity contribution in [1.82, 2.24) is 0 Å². The van der Waals surface area contributed by atoms with Crippen LogP contribution in [0.2, 0.25) is 0 Å². The lowest BCUT2D eigenvalue weighted by Crippen LogP contribution is -2.39. The zero-order valence-electron chi connectivity index (χ0n) is 4.95. The molecule has 0 spiro atoms. The van der Waals surface area contributed by atoms with E-state index in [1.54, 1.807) is 0 Å². The number of alkyl halides is 2. The Labute approximate surface area is 68.5 Å². The fourth-order valence-corrected chi connectivity index (χ4v) is 0.953. The Kier molecular flexibility index (Phi) is 2.95. The molecule has 0 aromatic carbocycles. The van der Waals surface area contributed by atoms with Crippen LogP contribution in [0.3, 0.4) is 0 Å². The summed E-state index contributed by atoms with van der Waals surface area (Å²) in [6, 6.07) is 0. The van der Waals surface area contributed by atoms with Gasteiger partial charge in [0.2, 0.25) is 0 Å². The first-order valence-corrected chi connectivity index (χ1v) is 4.47. The molecule has 2 unspecified atom stereocenters. The van der Waals surface area contributed by atoms with Crippen molar-refractivity contribution in [2.45, 2.75) is 16.7 Å². The quantitative estimate of drug-likeness (QED) is 0.509. The number of hydrogen-bond donors (Lipinski definition) is 2. The van der Waals surface area contributed by atoms with Crippen molar-refractivity contribution in [3.05, 3.63) is 0 Å². The molecule has 0 bridgehead atoms. The lowest BCUT2D eigenvalue weighted by molar-refractivity contribution is 0.193. The van der Waals surface area contributed by atoms with Crippen LogP contribution >= 0.6 is 23.2 Å². The molecular formula is C3H6Cl2O4S. The molecule has 10 heavy (non-hydrogen) atoms. The zero-order valence-corrected chi connectivity index (χ0v) is 7.28. The Morgan fingerprint density at radius 3 is 1.90 bits per heavy atom. The van der Waals surface area contributed by atoms with E-state index >= 15 is 0 Å². The van der Waals surface area contributed by atoms with E-state index in [-0.39, 0.29) is 0 Å². The van der Waals surface area contributed by atoms with E-state index in [0.717, 1.165) is 6.92 Å². The molecule has 0 aliphatic rings. The second-order valence-electron chi connectivity index (χ2n) is 1.70. The number of hydrogen-bond acceptors (Lipinski definition) is 3. The Hall–Kier alpha value is 0.450. The first-order valence-electron chi connectivity index (χ1n) is 2.22. The molecule has 2 N–H and O–H groups in total. The van der Waals surface area contributed by atoms with Gasteiger partial charge in [-0.2, -0.15) is 8.42 Å². The normalized spacial score (nSPS) is 21.7. The van der Waals surface area contributed by atoms with Crippen LogP contribution in [0.5, 0.6) is 0 Å². The number of rotatable bonds is 2. The summed E-state index contributed by atoms with van der Waals surface area (Å²) in [5.74, 6) is 0. The van der Waals surface area contributed by atoms with Gasteiger partial charge in [-0.3, -0.25) is 4.55 Å². The minimum absolute atomic E-state index is 1.14. The second kappa shape index (κ2) is 2.83. The van der Waals surface area contributed by atoms with Gasteiger partial charge in [-0.1, -0.05) is 11.6 Å². The van der Waals surface area contributed by atoms with Crippen LogP contribution < -0.4 is 0 Å². The molecule has 0 saturated heterocycles. The second-order valence-corrected chi connectivity index (χ2v) is 4.73. The van der Waals surface area contributed by atoms with E-state index in [2.05, 4.69) is 0 Å². The highest BCUT2D eigenvalue weighted by Gasteiger charge is 2.43. The van der Waals surface area contributed by atoms with Gasteiger partial charge in [0.25, 0.3) is 4.39 Å². The maximum atomic E-state index is 10.2. The van der Waals surface area contributed by atoms with E-state index < -0.39 is 19.9 Å². The van der Waals surface area contributed by atoms with Crippen molar-refractivity contribution in [2.24, 2.45) is 0 Å². The first-order chi connectivity index (χ1) is 4.19. The smallest absolute Gasteiger partial charge is 0.311 e. The molecule has 2 atom stereocenters. The molecule has 0 saturated carbocycles. The summed E-state index contributed by atoms with van der Waals surface area (Å²) in [5, 5.41) is 7.44. The van der Waals surface area contributed by atoms with Gasteiger partial charge in [0.15, 0.2) is 0 Å². The first kappa shape index (κ1) is 10.4. The molecule has 7 heteroatoms. The summed E-state index contributed by atoms with van der Waals surface area (Å²) >= 11 is 10.1. The van der Waals surface area contributed by atoms with Gasteiger partial charge in [0, 0.05) is 0 Å². The van der Waals surface area contributed by atoms with Gasteiger partial charge in [-0.15, -0.1) is 11.6 Å². The van der Waals surface area contributed by atoms with E-state index in [1.807, 2.05) is 0 Å². The predicted molar refractivity (Wildman–Crippen MR) is 37.7 cm³/mol. The Morgan fingerprint density at radius 1 is 1.60 bits per heavy atom. The fraction of sp³-hybridized carbons (Fsp3) is 1.00. The summed E-state index contributed by atoms with van der Waals surface area (Å²) < 4.78 is 25.8. The molecule has 62 valence electrons. The summed E-state index contributed by atoms with van der Waals surface area (Å²) in [6.07, 6.45) is 0. The minimum atomic E-state index is -4.71. The monoisotopic (exact) mass is 208 g/mol. The highest BCUT2D eigenvalue weighted by atomic mass is 35.5. The topological polar surface area (TPSA) is 74.6 Å². The third kappa shape index (κ3) is 1.96. The molecule has 0 aromatic rings. The van der Waals surface area contributed by atoms with Crippen LogP contribution in [0.4, 0.5) is 0 Å². The number of aliphatic hydroxyl groups is 1. The van der Waals surface area contributed by atoms with Crippen molar-refractivity contribution in [1.29, 1.82) is 0 Å². The molecule has 4 nitrogen and oxygen atoms in total. The van der Waals surface area contributed by atoms with Gasteiger partial charge >= 0.3 is 10.1 Å². The summed E-state index contributed by atoms with van der Waals surface area (Å²) in [5.41, 5.74) is 0. The van der Waals surface area contributed by atoms with Gasteiger partial charge in [0.1, 0.15) is 0 Å². The van der Waals surface area contributed by atoms with E-state index in [9.17, 15) is 8.42 Å². The summed E-state index contributed by atoms with van der Waals surface area (Å²) in [6.45, 7) is 1.14. The highest BCUT2D eigenvalue weighted by molar-refractivity contribution is 7.88. The molecule has 0 rings (SSSR count).